The third kappa shape index (κ3) is 3.63. The average molecular weight is 380 g/mol. The zero-order valence-electron chi connectivity index (χ0n) is 16.5. The summed E-state index contributed by atoms with van der Waals surface area (Å²) in [4.78, 5) is 40.0. The second-order valence-electron chi connectivity index (χ2n) is 7.36. The van der Waals surface area contributed by atoms with Crippen LogP contribution in [0.15, 0.2) is 42.5 Å². The Hall–Kier alpha value is -3.15. The average Bonchev–Trinajstić information content (AvgIpc) is 2.91. The van der Waals surface area contributed by atoms with Gasteiger partial charge in [-0.15, -0.1) is 0 Å². The first-order valence-corrected chi connectivity index (χ1v) is 9.26. The summed E-state index contributed by atoms with van der Waals surface area (Å²) in [6.45, 7) is 5.81. The predicted molar refractivity (Wildman–Crippen MR) is 107 cm³/mol. The lowest BCUT2D eigenvalue weighted by atomic mass is 10.0. The van der Waals surface area contributed by atoms with Crippen molar-refractivity contribution in [2.24, 2.45) is 5.92 Å². The molecule has 0 spiro atoms. The highest BCUT2D eigenvalue weighted by molar-refractivity contribution is 6.23. The van der Waals surface area contributed by atoms with Gasteiger partial charge in [-0.3, -0.25) is 19.3 Å². The Labute approximate surface area is 164 Å². The molecule has 0 aromatic heterocycles. The second-order valence-corrected chi connectivity index (χ2v) is 7.36. The fourth-order valence-corrected chi connectivity index (χ4v) is 3.40. The SMILES string of the molecule is COc1ccc(C)cc1NC(=O)[C@H](CC(C)C)N1C(=O)c2ccccc2C1=O. The van der Waals surface area contributed by atoms with E-state index < -0.39 is 23.8 Å². The van der Waals surface area contributed by atoms with E-state index in [2.05, 4.69) is 5.32 Å². The lowest BCUT2D eigenvalue weighted by Gasteiger charge is -2.27. The summed E-state index contributed by atoms with van der Waals surface area (Å²) in [5.41, 5.74) is 2.14. The summed E-state index contributed by atoms with van der Waals surface area (Å²) in [5, 5.41) is 2.84. The highest BCUT2D eigenvalue weighted by atomic mass is 16.5. The van der Waals surface area contributed by atoms with Crippen molar-refractivity contribution in [2.45, 2.75) is 33.2 Å². The molecule has 0 saturated heterocycles. The maximum atomic E-state index is 13.1. The standard InChI is InChI=1S/C22H24N2O4/c1-13(2)11-18(20(25)23-17-12-14(3)9-10-19(17)28-4)24-21(26)15-7-5-6-8-16(15)22(24)27/h5-10,12-13,18H,11H2,1-4H3,(H,23,25)/t18-/m0/s1. The fourth-order valence-electron chi connectivity index (χ4n) is 3.40. The first-order chi connectivity index (χ1) is 13.3. The van der Waals surface area contributed by atoms with Gasteiger partial charge in [0.15, 0.2) is 0 Å². The van der Waals surface area contributed by atoms with Crippen LogP contribution in [0.1, 0.15) is 46.5 Å². The largest absolute Gasteiger partial charge is 0.495 e. The number of hydrogen-bond donors (Lipinski definition) is 1. The maximum Gasteiger partial charge on any atom is 0.262 e. The molecule has 1 heterocycles. The molecule has 0 aliphatic carbocycles. The van der Waals surface area contributed by atoms with Gasteiger partial charge >= 0.3 is 0 Å². The molecule has 3 rings (SSSR count). The molecule has 146 valence electrons. The van der Waals surface area contributed by atoms with E-state index >= 15 is 0 Å². The molecule has 0 saturated carbocycles. The highest BCUT2D eigenvalue weighted by Gasteiger charge is 2.42. The molecule has 28 heavy (non-hydrogen) atoms. The first-order valence-electron chi connectivity index (χ1n) is 9.26. The highest BCUT2D eigenvalue weighted by Crippen LogP contribution is 2.29. The maximum absolute atomic E-state index is 13.1. The van der Waals surface area contributed by atoms with Crippen molar-refractivity contribution in [2.75, 3.05) is 12.4 Å². The van der Waals surface area contributed by atoms with Gasteiger partial charge in [0, 0.05) is 0 Å². The number of aryl methyl sites for hydroxylation is 1. The lowest BCUT2D eigenvalue weighted by Crippen LogP contribution is -2.48. The third-order valence-electron chi connectivity index (χ3n) is 4.75. The molecule has 0 radical (unpaired) electrons. The summed E-state index contributed by atoms with van der Waals surface area (Å²) >= 11 is 0. The minimum atomic E-state index is -0.905. The van der Waals surface area contributed by atoms with E-state index in [0.29, 0.717) is 29.0 Å². The summed E-state index contributed by atoms with van der Waals surface area (Å²) in [5.74, 6) is -0.647. The van der Waals surface area contributed by atoms with E-state index in [4.69, 9.17) is 4.74 Å². The molecular weight excluding hydrogens is 356 g/mol. The number of benzene rings is 2. The Morgan fingerprint density at radius 1 is 1.07 bits per heavy atom. The van der Waals surface area contributed by atoms with Crippen molar-refractivity contribution in [3.63, 3.8) is 0 Å². The van der Waals surface area contributed by atoms with Crippen molar-refractivity contribution in [3.8, 4) is 5.75 Å². The number of hydrogen-bond acceptors (Lipinski definition) is 4. The van der Waals surface area contributed by atoms with E-state index in [9.17, 15) is 14.4 Å². The number of methoxy groups -OCH3 is 1. The van der Waals surface area contributed by atoms with Crippen molar-refractivity contribution < 1.29 is 19.1 Å². The Bertz CT molecular complexity index is 901. The van der Waals surface area contributed by atoms with Crippen LogP contribution in [0.25, 0.3) is 0 Å². The van der Waals surface area contributed by atoms with Gasteiger partial charge in [-0.1, -0.05) is 32.0 Å². The topological polar surface area (TPSA) is 75.7 Å². The molecule has 1 atom stereocenters. The molecule has 6 heteroatoms. The summed E-state index contributed by atoms with van der Waals surface area (Å²) in [6.07, 6.45) is 0.367. The van der Waals surface area contributed by atoms with Gasteiger partial charge in [-0.05, 0) is 49.1 Å². The van der Waals surface area contributed by atoms with Gasteiger partial charge in [0.1, 0.15) is 11.8 Å². The van der Waals surface area contributed by atoms with E-state index in [-0.39, 0.29) is 5.92 Å². The molecule has 3 amide bonds. The normalized spacial score (nSPS) is 14.2. The monoisotopic (exact) mass is 380 g/mol. The number of amides is 3. The van der Waals surface area contributed by atoms with Crippen LogP contribution in [0, 0.1) is 12.8 Å². The molecular formula is C22H24N2O4. The quantitative estimate of drug-likeness (QED) is 0.776. The van der Waals surface area contributed by atoms with Crippen LogP contribution in [0.4, 0.5) is 5.69 Å². The fraction of sp³-hybridized carbons (Fsp3) is 0.318. The van der Waals surface area contributed by atoms with Crippen LogP contribution in [0.2, 0.25) is 0 Å². The van der Waals surface area contributed by atoms with Gasteiger partial charge in [-0.25, -0.2) is 0 Å². The number of ether oxygens (including phenoxy) is 1. The smallest absolute Gasteiger partial charge is 0.262 e. The number of rotatable bonds is 6. The van der Waals surface area contributed by atoms with Crippen molar-refractivity contribution >= 4 is 23.4 Å². The molecule has 0 bridgehead atoms. The third-order valence-corrected chi connectivity index (χ3v) is 4.75. The van der Waals surface area contributed by atoms with Crippen LogP contribution in [0.5, 0.6) is 5.75 Å². The molecule has 0 fully saturated rings. The predicted octanol–water partition coefficient (Wildman–Crippen LogP) is 3.65. The van der Waals surface area contributed by atoms with Crippen LogP contribution < -0.4 is 10.1 Å². The summed E-state index contributed by atoms with van der Waals surface area (Å²) in [6, 6.07) is 11.2. The van der Waals surface area contributed by atoms with E-state index in [1.807, 2.05) is 26.8 Å². The molecule has 0 unspecified atom stereocenters. The number of fused-ring (bicyclic) bond motifs is 1. The van der Waals surface area contributed by atoms with Gasteiger partial charge < -0.3 is 10.1 Å². The molecule has 2 aromatic rings. The number of carbonyl (C=O) groups excluding carboxylic acids is 3. The molecule has 1 aliphatic rings. The first kappa shape index (κ1) is 19.6. The van der Waals surface area contributed by atoms with Crippen LogP contribution >= 0.6 is 0 Å². The number of anilines is 1. The summed E-state index contributed by atoms with van der Waals surface area (Å²) < 4.78 is 5.32. The van der Waals surface area contributed by atoms with Gasteiger partial charge in [0.05, 0.1) is 23.9 Å². The second kappa shape index (κ2) is 7.84. The number of imide groups is 1. The van der Waals surface area contributed by atoms with Crippen LogP contribution in [-0.2, 0) is 4.79 Å². The van der Waals surface area contributed by atoms with Gasteiger partial charge in [0.25, 0.3) is 11.8 Å². The van der Waals surface area contributed by atoms with Crippen molar-refractivity contribution in [3.05, 3.63) is 59.2 Å². The van der Waals surface area contributed by atoms with Crippen molar-refractivity contribution in [1.82, 2.24) is 4.90 Å². The summed E-state index contributed by atoms with van der Waals surface area (Å²) in [7, 11) is 1.52. The Kier molecular flexibility index (Phi) is 5.49. The minimum absolute atomic E-state index is 0.111. The van der Waals surface area contributed by atoms with Crippen LogP contribution in [-0.4, -0.2) is 35.8 Å². The number of carbonyl (C=O) groups is 3. The van der Waals surface area contributed by atoms with Crippen LogP contribution in [0.3, 0.4) is 0 Å². The Morgan fingerprint density at radius 3 is 2.21 bits per heavy atom. The van der Waals surface area contributed by atoms with E-state index in [1.165, 1.54) is 7.11 Å². The lowest BCUT2D eigenvalue weighted by molar-refractivity contribution is -0.120. The van der Waals surface area contributed by atoms with E-state index in [1.54, 1.807) is 36.4 Å². The van der Waals surface area contributed by atoms with Gasteiger partial charge in [-0.2, -0.15) is 0 Å². The van der Waals surface area contributed by atoms with Gasteiger partial charge in [0.2, 0.25) is 5.91 Å². The molecule has 1 N–H and O–H groups in total. The van der Waals surface area contributed by atoms with Crippen molar-refractivity contribution in [1.29, 1.82) is 0 Å². The van der Waals surface area contributed by atoms with E-state index in [0.717, 1.165) is 10.5 Å². The molecule has 6 nitrogen and oxygen atoms in total. The molecule has 1 aliphatic heterocycles. The zero-order chi connectivity index (χ0) is 20.4. The Balaban J connectivity index is 1.93. The Morgan fingerprint density at radius 2 is 1.68 bits per heavy atom. The zero-order valence-corrected chi connectivity index (χ0v) is 16.5. The number of nitrogens with zero attached hydrogens (tertiary/aromatic N) is 1. The minimum Gasteiger partial charge on any atom is -0.495 e. The molecule has 2 aromatic carbocycles. The number of nitrogens with one attached hydrogen (secondary N) is 1.